The fourth-order valence-corrected chi connectivity index (χ4v) is 3.78. The molecule has 1 saturated heterocycles. The summed E-state index contributed by atoms with van der Waals surface area (Å²) >= 11 is 6.42. The first kappa shape index (κ1) is 18.6. The molecule has 2 aromatic carbocycles. The summed E-state index contributed by atoms with van der Waals surface area (Å²) in [6, 6.07) is 15.2. The van der Waals surface area contributed by atoms with Gasteiger partial charge in [0.25, 0.3) is 5.78 Å². The molecule has 3 heterocycles. The van der Waals surface area contributed by atoms with E-state index < -0.39 is 0 Å². The smallest absolute Gasteiger partial charge is 0.321 e. The maximum Gasteiger partial charge on any atom is 0.321 e. The predicted octanol–water partition coefficient (Wildman–Crippen LogP) is 4.74. The minimum Gasteiger partial charge on any atom is -0.325 e. The van der Waals surface area contributed by atoms with E-state index in [9.17, 15) is 4.79 Å². The zero-order valence-electron chi connectivity index (χ0n) is 16.1. The molecular weight excluding hydrogens is 400 g/mol. The van der Waals surface area contributed by atoms with E-state index in [0.717, 1.165) is 37.1 Å². The average molecular weight is 419 g/mol. The number of hydrogen-bond donors (Lipinski definition) is 1. The Morgan fingerprint density at radius 1 is 1.03 bits per heavy atom. The minimum absolute atomic E-state index is 0.0992. The van der Waals surface area contributed by atoms with Crippen molar-refractivity contribution in [3.8, 4) is 22.5 Å². The first-order valence-electron chi connectivity index (χ1n) is 9.81. The molecule has 4 aromatic rings. The van der Waals surface area contributed by atoms with Gasteiger partial charge < -0.3 is 10.2 Å². The minimum atomic E-state index is -0.0992. The summed E-state index contributed by atoms with van der Waals surface area (Å²) in [5.74, 6) is 0.933. The maximum atomic E-state index is 12.4. The number of carbonyl (C=O) groups is 1. The number of fused-ring (bicyclic) bond motifs is 1. The van der Waals surface area contributed by atoms with Crippen LogP contribution in [0.4, 0.5) is 10.5 Å². The molecule has 150 valence electrons. The van der Waals surface area contributed by atoms with Crippen molar-refractivity contribution in [2.24, 2.45) is 0 Å². The number of likely N-dealkylation sites (tertiary alicyclic amines) is 1. The van der Waals surface area contributed by atoms with Gasteiger partial charge >= 0.3 is 6.03 Å². The maximum absolute atomic E-state index is 12.4. The Morgan fingerprint density at radius 2 is 1.83 bits per heavy atom. The van der Waals surface area contributed by atoms with Crippen LogP contribution in [0.15, 0.2) is 60.9 Å². The van der Waals surface area contributed by atoms with Crippen LogP contribution in [0.2, 0.25) is 5.02 Å². The van der Waals surface area contributed by atoms with Gasteiger partial charge in [-0.2, -0.15) is 4.98 Å². The third-order valence-electron chi connectivity index (χ3n) is 5.15. The largest absolute Gasteiger partial charge is 0.325 e. The monoisotopic (exact) mass is 418 g/mol. The molecule has 7 nitrogen and oxygen atoms in total. The van der Waals surface area contributed by atoms with E-state index in [0.29, 0.717) is 27.9 Å². The number of benzene rings is 2. The Bertz CT molecular complexity index is 1220. The molecule has 1 fully saturated rings. The van der Waals surface area contributed by atoms with Gasteiger partial charge in [0.1, 0.15) is 0 Å². The molecule has 0 radical (unpaired) electrons. The Balaban J connectivity index is 1.46. The molecule has 30 heavy (non-hydrogen) atoms. The molecule has 0 saturated carbocycles. The van der Waals surface area contributed by atoms with E-state index >= 15 is 0 Å². The second-order valence-corrected chi connectivity index (χ2v) is 7.61. The van der Waals surface area contributed by atoms with Gasteiger partial charge in [-0.25, -0.2) is 14.3 Å². The van der Waals surface area contributed by atoms with E-state index in [-0.39, 0.29) is 6.03 Å². The van der Waals surface area contributed by atoms with Crippen LogP contribution in [0.3, 0.4) is 0 Å². The van der Waals surface area contributed by atoms with E-state index in [1.165, 1.54) is 0 Å². The van der Waals surface area contributed by atoms with E-state index in [1.54, 1.807) is 28.9 Å². The van der Waals surface area contributed by atoms with Gasteiger partial charge in [-0.05, 0) is 36.6 Å². The Morgan fingerprint density at radius 3 is 2.63 bits per heavy atom. The summed E-state index contributed by atoms with van der Waals surface area (Å²) in [5, 5.41) is 8.01. The van der Waals surface area contributed by atoms with Gasteiger partial charge in [-0.3, -0.25) is 0 Å². The van der Waals surface area contributed by atoms with Crippen molar-refractivity contribution in [1.82, 2.24) is 24.5 Å². The second-order valence-electron chi connectivity index (χ2n) is 7.21. The van der Waals surface area contributed by atoms with Gasteiger partial charge in [0.15, 0.2) is 5.82 Å². The normalized spacial score (nSPS) is 13.7. The number of carbonyl (C=O) groups excluding carboxylic acids is 1. The summed E-state index contributed by atoms with van der Waals surface area (Å²) in [6.45, 7) is 1.57. The van der Waals surface area contributed by atoms with Crippen LogP contribution in [-0.4, -0.2) is 43.6 Å². The first-order chi connectivity index (χ1) is 14.7. The number of urea groups is 1. The lowest BCUT2D eigenvalue weighted by Gasteiger charge is -2.16. The number of nitrogens with one attached hydrogen (secondary N) is 1. The quantitative estimate of drug-likeness (QED) is 0.521. The molecule has 8 heteroatoms. The van der Waals surface area contributed by atoms with Crippen LogP contribution in [0, 0.1) is 0 Å². The Labute approximate surface area is 178 Å². The number of anilines is 1. The molecular formula is C22H19ClN6O. The first-order valence-corrected chi connectivity index (χ1v) is 10.2. The SMILES string of the molecule is O=C(Nc1ccc(Cl)c(-c2nc3ncc(-c4ccccc4)cn3n2)c1)N1CCCC1. The highest BCUT2D eigenvalue weighted by atomic mass is 35.5. The topological polar surface area (TPSA) is 75.4 Å². The Hall–Kier alpha value is -3.45. The van der Waals surface area contributed by atoms with E-state index in [1.807, 2.05) is 41.4 Å². The van der Waals surface area contributed by atoms with Crippen molar-refractivity contribution in [2.45, 2.75) is 12.8 Å². The van der Waals surface area contributed by atoms with Gasteiger partial charge in [0.05, 0.1) is 5.02 Å². The number of amides is 2. The lowest BCUT2D eigenvalue weighted by Crippen LogP contribution is -2.32. The molecule has 0 spiro atoms. The molecule has 0 aliphatic carbocycles. The molecule has 0 unspecified atom stereocenters. The summed E-state index contributed by atoms with van der Waals surface area (Å²) in [6.07, 6.45) is 5.75. The summed E-state index contributed by atoms with van der Waals surface area (Å²) in [7, 11) is 0. The summed E-state index contributed by atoms with van der Waals surface area (Å²) in [5.41, 5.74) is 3.29. The van der Waals surface area contributed by atoms with Gasteiger partial charge in [0.2, 0.25) is 0 Å². The van der Waals surface area contributed by atoms with Crippen molar-refractivity contribution in [2.75, 3.05) is 18.4 Å². The van der Waals surface area contributed by atoms with Crippen LogP contribution < -0.4 is 5.32 Å². The van der Waals surface area contributed by atoms with Gasteiger partial charge in [-0.15, -0.1) is 5.10 Å². The van der Waals surface area contributed by atoms with Crippen LogP contribution in [0.25, 0.3) is 28.3 Å². The van der Waals surface area contributed by atoms with Crippen LogP contribution in [0.5, 0.6) is 0 Å². The molecule has 1 N–H and O–H groups in total. The predicted molar refractivity (Wildman–Crippen MR) is 116 cm³/mol. The number of aromatic nitrogens is 4. The average Bonchev–Trinajstić information content (AvgIpc) is 3.45. The molecule has 2 aromatic heterocycles. The Kier molecular flexibility index (Phi) is 4.80. The third kappa shape index (κ3) is 3.59. The highest BCUT2D eigenvalue weighted by molar-refractivity contribution is 6.33. The highest BCUT2D eigenvalue weighted by Gasteiger charge is 2.19. The second kappa shape index (κ2) is 7.76. The van der Waals surface area contributed by atoms with Crippen molar-refractivity contribution >= 4 is 29.1 Å². The van der Waals surface area contributed by atoms with Crippen LogP contribution in [0.1, 0.15) is 12.8 Å². The van der Waals surface area contributed by atoms with Gasteiger partial charge in [-0.1, -0.05) is 41.9 Å². The van der Waals surface area contributed by atoms with E-state index in [4.69, 9.17) is 11.6 Å². The lowest BCUT2D eigenvalue weighted by atomic mass is 10.1. The number of hydrogen-bond acceptors (Lipinski definition) is 4. The zero-order chi connectivity index (χ0) is 20.5. The summed E-state index contributed by atoms with van der Waals surface area (Å²) < 4.78 is 1.64. The van der Waals surface area contributed by atoms with E-state index in [2.05, 4.69) is 20.4 Å². The lowest BCUT2D eigenvalue weighted by molar-refractivity contribution is 0.222. The number of rotatable bonds is 3. The van der Waals surface area contributed by atoms with Crippen LogP contribution in [-0.2, 0) is 0 Å². The number of halogens is 1. The molecule has 5 rings (SSSR count). The fourth-order valence-electron chi connectivity index (χ4n) is 3.57. The van der Waals surface area contributed by atoms with Crippen molar-refractivity contribution < 1.29 is 4.79 Å². The zero-order valence-corrected chi connectivity index (χ0v) is 16.9. The molecule has 1 aliphatic rings. The van der Waals surface area contributed by atoms with Crippen molar-refractivity contribution in [3.05, 3.63) is 65.9 Å². The van der Waals surface area contributed by atoms with Crippen LogP contribution >= 0.6 is 11.6 Å². The third-order valence-corrected chi connectivity index (χ3v) is 5.48. The highest BCUT2D eigenvalue weighted by Crippen LogP contribution is 2.29. The molecule has 0 bridgehead atoms. The molecule has 1 aliphatic heterocycles. The fraction of sp³-hybridized carbons (Fsp3) is 0.182. The standard InChI is InChI=1S/C22H19ClN6O/c23-19-9-8-17(25-22(30)28-10-4-5-11-28)12-18(19)20-26-21-24-13-16(14-29(21)27-20)15-6-2-1-3-7-15/h1-3,6-9,12-14H,4-5,10-11H2,(H,25,30). The van der Waals surface area contributed by atoms with Crippen molar-refractivity contribution in [3.63, 3.8) is 0 Å². The van der Waals surface area contributed by atoms with Crippen molar-refractivity contribution in [1.29, 1.82) is 0 Å². The molecule has 0 atom stereocenters. The summed E-state index contributed by atoms with van der Waals surface area (Å²) in [4.78, 5) is 23.1. The van der Waals surface area contributed by atoms with Gasteiger partial charge in [0, 0.05) is 42.3 Å². The molecule has 2 amide bonds. The number of nitrogens with zero attached hydrogens (tertiary/aromatic N) is 5.